The molecule has 0 bridgehead atoms. The van der Waals surface area contributed by atoms with E-state index in [2.05, 4.69) is 0 Å². The van der Waals surface area contributed by atoms with Crippen molar-refractivity contribution in [2.75, 3.05) is 13.2 Å². The summed E-state index contributed by atoms with van der Waals surface area (Å²) < 4.78 is 24.0. The van der Waals surface area contributed by atoms with Gasteiger partial charge in [-0.05, 0) is 0 Å². The van der Waals surface area contributed by atoms with E-state index in [0.717, 1.165) is 11.1 Å². The highest BCUT2D eigenvalue weighted by Gasteiger charge is 2.49. The van der Waals surface area contributed by atoms with Gasteiger partial charge in [0.2, 0.25) is 0 Å². The van der Waals surface area contributed by atoms with E-state index in [9.17, 15) is 10.2 Å². The predicted octanol–water partition coefficient (Wildman–Crippen LogP) is 1.94. The summed E-state index contributed by atoms with van der Waals surface area (Å²) in [5.74, 6) is 0. The van der Waals surface area contributed by atoms with Gasteiger partial charge in [0.25, 0.3) is 0 Å². The van der Waals surface area contributed by atoms with Gasteiger partial charge in [-0.3, -0.25) is 0 Å². The van der Waals surface area contributed by atoms with Gasteiger partial charge in [0, 0.05) is 11.1 Å². The van der Waals surface area contributed by atoms with E-state index in [-0.39, 0.29) is 13.2 Å². The van der Waals surface area contributed by atoms with E-state index >= 15 is 0 Å². The lowest BCUT2D eigenvalue weighted by Crippen LogP contribution is -2.59. The van der Waals surface area contributed by atoms with Crippen LogP contribution in [0.15, 0.2) is 60.7 Å². The molecule has 6 nitrogen and oxygen atoms in total. The molecule has 0 spiro atoms. The smallest absolute Gasteiger partial charge is 0.184 e. The zero-order valence-electron chi connectivity index (χ0n) is 14.2. The summed E-state index contributed by atoms with van der Waals surface area (Å²) in [7, 11) is 0. The van der Waals surface area contributed by atoms with E-state index < -0.39 is 37.0 Å². The van der Waals surface area contributed by atoms with Gasteiger partial charge in [-0.1, -0.05) is 60.7 Å². The third kappa shape index (κ3) is 3.40. The topological polar surface area (TPSA) is 77.4 Å². The Bertz CT molecular complexity index is 632. The lowest BCUT2D eigenvalue weighted by molar-refractivity contribution is -0.387. The van der Waals surface area contributed by atoms with Crippen LogP contribution in [0.5, 0.6) is 0 Å². The molecule has 2 N–H and O–H groups in total. The van der Waals surface area contributed by atoms with Crippen LogP contribution in [-0.4, -0.2) is 47.8 Å². The number of ether oxygens (including phenoxy) is 4. The molecule has 2 aliphatic heterocycles. The van der Waals surface area contributed by atoms with Crippen LogP contribution in [0, 0.1) is 0 Å². The first-order chi connectivity index (χ1) is 12.8. The Morgan fingerprint density at radius 1 is 0.577 bits per heavy atom. The average molecular weight is 358 g/mol. The maximum atomic E-state index is 9.85. The Morgan fingerprint density at radius 3 is 1.31 bits per heavy atom. The van der Waals surface area contributed by atoms with Gasteiger partial charge >= 0.3 is 0 Å². The molecule has 26 heavy (non-hydrogen) atoms. The largest absolute Gasteiger partial charge is 0.394 e. The molecule has 2 saturated heterocycles. The fourth-order valence-corrected chi connectivity index (χ4v) is 3.40. The van der Waals surface area contributed by atoms with E-state index in [1.165, 1.54) is 0 Å². The van der Waals surface area contributed by atoms with Crippen molar-refractivity contribution in [3.63, 3.8) is 0 Å². The number of fused-ring (bicyclic) bond motifs is 1. The molecule has 6 heteroatoms. The summed E-state index contributed by atoms with van der Waals surface area (Å²) in [6.07, 6.45) is -3.55. The van der Waals surface area contributed by atoms with E-state index in [1.807, 2.05) is 60.7 Å². The first-order valence-electron chi connectivity index (χ1n) is 8.73. The van der Waals surface area contributed by atoms with Gasteiger partial charge in [0.1, 0.15) is 24.4 Å². The van der Waals surface area contributed by atoms with Crippen LogP contribution in [0.3, 0.4) is 0 Å². The maximum Gasteiger partial charge on any atom is 0.184 e. The third-order valence-corrected chi connectivity index (χ3v) is 4.72. The Morgan fingerprint density at radius 2 is 0.962 bits per heavy atom. The van der Waals surface area contributed by atoms with Crippen molar-refractivity contribution >= 4 is 0 Å². The molecule has 0 unspecified atom stereocenters. The van der Waals surface area contributed by atoms with Crippen molar-refractivity contribution in [2.45, 2.75) is 37.0 Å². The minimum Gasteiger partial charge on any atom is -0.394 e. The quantitative estimate of drug-likeness (QED) is 0.870. The normalized spacial score (nSPS) is 34.2. The van der Waals surface area contributed by atoms with Crippen molar-refractivity contribution < 1.29 is 29.2 Å². The molecule has 138 valence electrons. The first kappa shape index (κ1) is 17.6. The Balaban J connectivity index is 1.59. The molecule has 4 rings (SSSR count). The van der Waals surface area contributed by atoms with E-state index in [1.54, 1.807) is 0 Å². The van der Waals surface area contributed by atoms with Gasteiger partial charge in [-0.15, -0.1) is 0 Å². The maximum absolute atomic E-state index is 9.85. The van der Waals surface area contributed by atoms with Gasteiger partial charge in [-0.25, -0.2) is 0 Å². The second-order valence-electron chi connectivity index (χ2n) is 6.40. The van der Waals surface area contributed by atoms with Gasteiger partial charge in [-0.2, -0.15) is 0 Å². The fourth-order valence-electron chi connectivity index (χ4n) is 3.40. The molecule has 6 atom stereocenters. The number of aliphatic hydroxyl groups is 2. The van der Waals surface area contributed by atoms with Crippen LogP contribution < -0.4 is 0 Å². The molecule has 0 aliphatic carbocycles. The van der Waals surface area contributed by atoms with Crippen molar-refractivity contribution in [3.8, 4) is 0 Å². The zero-order chi connectivity index (χ0) is 17.9. The minimum atomic E-state index is -0.649. The molecule has 0 amide bonds. The van der Waals surface area contributed by atoms with Gasteiger partial charge in [0.15, 0.2) is 12.6 Å². The molecule has 0 radical (unpaired) electrons. The summed E-state index contributed by atoms with van der Waals surface area (Å²) in [5, 5.41) is 19.7. The number of aliphatic hydroxyl groups excluding tert-OH is 2. The number of rotatable bonds is 4. The SMILES string of the molecule is OC[C@@H]1O[C@@H](c2ccccc2)O[C@H]2[C@@H]1O[C@H](c1ccccc1)O[C@H]2CO. The molecule has 2 aromatic rings. The minimum absolute atomic E-state index is 0.215. The van der Waals surface area contributed by atoms with Crippen molar-refractivity contribution in [1.29, 1.82) is 0 Å². The number of hydrogen-bond acceptors (Lipinski definition) is 6. The number of benzene rings is 2. The highest BCUT2D eigenvalue weighted by atomic mass is 16.8. The summed E-state index contributed by atoms with van der Waals surface area (Å²) >= 11 is 0. The second kappa shape index (κ2) is 7.84. The van der Waals surface area contributed by atoms with Crippen LogP contribution in [0.2, 0.25) is 0 Å². The summed E-state index contributed by atoms with van der Waals surface area (Å²) in [4.78, 5) is 0. The van der Waals surface area contributed by atoms with Crippen molar-refractivity contribution in [3.05, 3.63) is 71.8 Å². The highest BCUT2D eigenvalue weighted by molar-refractivity contribution is 5.18. The molecule has 2 fully saturated rings. The first-order valence-corrected chi connectivity index (χ1v) is 8.73. The fraction of sp³-hybridized carbons (Fsp3) is 0.400. The van der Waals surface area contributed by atoms with Crippen LogP contribution in [0.1, 0.15) is 23.7 Å². The molecular formula is C20H22O6. The molecule has 2 aromatic carbocycles. The van der Waals surface area contributed by atoms with Crippen LogP contribution in [0.4, 0.5) is 0 Å². The highest BCUT2D eigenvalue weighted by Crippen LogP contribution is 2.40. The van der Waals surface area contributed by atoms with Crippen LogP contribution >= 0.6 is 0 Å². The van der Waals surface area contributed by atoms with Crippen molar-refractivity contribution in [2.24, 2.45) is 0 Å². The average Bonchev–Trinajstić information content (AvgIpc) is 2.73. The summed E-state index contributed by atoms with van der Waals surface area (Å²) in [6.45, 7) is -0.430. The lowest BCUT2D eigenvalue weighted by atomic mass is 9.99. The Hall–Kier alpha value is -1.80. The molecule has 0 aromatic heterocycles. The second-order valence-corrected chi connectivity index (χ2v) is 6.40. The predicted molar refractivity (Wildman–Crippen MR) is 92.0 cm³/mol. The van der Waals surface area contributed by atoms with Gasteiger partial charge in [0.05, 0.1) is 13.2 Å². The number of hydrogen-bond donors (Lipinski definition) is 2. The standard InChI is InChI=1S/C20H22O6/c21-11-15-18-17(25-19(23-15)13-7-3-1-4-8-13)16(12-22)24-20(26-18)14-9-5-2-6-10-14/h1-10,15-22H,11-12H2/t15-,16-,17+,18+,19+,20+/m0/s1. The van der Waals surface area contributed by atoms with Crippen molar-refractivity contribution in [1.82, 2.24) is 0 Å². The zero-order valence-corrected chi connectivity index (χ0v) is 14.2. The summed E-state index contributed by atoms with van der Waals surface area (Å²) in [6, 6.07) is 19.0. The molecule has 0 saturated carbocycles. The monoisotopic (exact) mass is 358 g/mol. The van der Waals surface area contributed by atoms with Crippen LogP contribution in [0.25, 0.3) is 0 Å². The Labute approximate surface area is 151 Å². The lowest BCUT2D eigenvalue weighted by Gasteiger charge is -2.48. The van der Waals surface area contributed by atoms with E-state index in [4.69, 9.17) is 18.9 Å². The molecule has 2 heterocycles. The summed E-state index contributed by atoms with van der Waals surface area (Å²) in [5.41, 5.74) is 1.68. The molecular weight excluding hydrogens is 336 g/mol. The molecule has 2 aliphatic rings. The third-order valence-electron chi connectivity index (χ3n) is 4.72. The van der Waals surface area contributed by atoms with E-state index in [0.29, 0.717) is 0 Å². The van der Waals surface area contributed by atoms with Gasteiger partial charge < -0.3 is 29.2 Å². The van der Waals surface area contributed by atoms with Crippen LogP contribution in [-0.2, 0) is 18.9 Å². The Kier molecular flexibility index (Phi) is 5.31.